The zero-order valence-corrected chi connectivity index (χ0v) is 20.9. The summed E-state index contributed by atoms with van der Waals surface area (Å²) in [5.41, 5.74) is 3.84. The number of anilines is 1. The Morgan fingerprint density at radius 3 is 2.77 bits per heavy atom. The van der Waals surface area contributed by atoms with Gasteiger partial charge in [-0.2, -0.15) is 5.10 Å². The second kappa shape index (κ2) is 9.26. The summed E-state index contributed by atoms with van der Waals surface area (Å²) < 4.78 is 1.70. The Kier molecular flexibility index (Phi) is 6.15. The van der Waals surface area contributed by atoms with Crippen molar-refractivity contribution in [1.82, 2.24) is 19.6 Å². The molecule has 1 amide bonds. The van der Waals surface area contributed by atoms with Crippen molar-refractivity contribution in [1.29, 1.82) is 0 Å². The first-order valence-electron chi connectivity index (χ1n) is 11.7. The Labute approximate surface area is 208 Å². The molecule has 1 aliphatic rings. The van der Waals surface area contributed by atoms with Crippen molar-refractivity contribution in [3.05, 3.63) is 82.9 Å². The van der Waals surface area contributed by atoms with Crippen molar-refractivity contribution in [2.24, 2.45) is 0 Å². The van der Waals surface area contributed by atoms with E-state index >= 15 is 0 Å². The highest BCUT2D eigenvalue weighted by Gasteiger charge is 2.43. The van der Waals surface area contributed by atoms with Crippen LogP contribution in [0.3, 0.4) is 0 Å². The number of ketones is 1. The van der Waals surface area contributed by atoms with Crippen molar-refractivity contribution in [3.8, 4) is 0 Å². The number of aromatic nitrogens is 4. The van der Waals surface area contributed by atoms with E-state index < -0.39 is 5.41 Å². The van der Waals surface area contributed by atoms with Crippen LogP contribution in [0.4, 0.5) is 5.82 Å². The number of benzene rings is 1. The van der Waals surface area contributed by atoms with Crippen molar-refractivity contribution >= 4 is 34.9 Å². The van der Waals surface area contributed by atoms with Crippen molar-refractivity contribution in [2.75, 3.05) is 11.1 Å². The molecule has 1 atom stereocenters. The predicted octanol–water partition coefficient (Wildman–Crippen LogP) is 4.81. The minimum atomic E-state index is -0.745. The van der Waals surface area contributed by atoms with Crippen LogP contribution in [0.1, 0.15) is 53.1 Å². The molecule has 5 rings (SSSR count). The van der Waals surface area contributed by atoms with E-state index in [4.69, 9.17) is 0 Å². The molecule has 178 valence electrons. The number of Topliss-reactive ketones (excluding diaryl/α,β-unsaturated/α-hetero) is 1. The minimum absolute atomic E-state index is 0.0126. The summed E-state index contributed by atoms with van der Waals surface area (Å²) in [6.45, 7) is 5.96. The SMILES string of the molecule is CCSc1ccc(CC(=O)Nc2cc(C)c3c(n2)CCC(C)(c2ccc4nccn4n2)C3=O)cc1. The third-order valence-corrected chi connectivity index (χ3v) is 7.46. The fourth-order valence-electron chi connectivity index (χ4n) is 4.65. The molecule has 0 aliphatic heterocycles. The summed E-state index contributed by atoms with van der Waals surface area (Å²) in [4.78, 5) is 36.4. The van der Waals surface area contributed by atoms with Gasteiger partial charge in [0.1, 0.15) is 5.82 Å². The van der Waals surface area contributed by atoms with Gasteiger partial charge in [0, 0.05) is 22.9 Å². The summed E-state index contributed by atoms with van der Waals surface area (Å²) in [6.07, 6.45) is 4.97. The number of rotatable bonds is 6. The minimum Gasteiger partial charge on any atom is -0.310 e. The van der Waals surface area contributed by atoms with Crippen LogP contribution < -0.4 is 5.32 Å². The summed E-state index contributed by atoms with van der Waals surface area (Å²) in [7, 11) is 0. The van der Waals surface area contributed by atoms with Crippen LogP contribution in [-0.4, -0.2) is 37.0 Å². The Balaban J connectivity index is 1.35. The Morgan fingerprint density at radius 1 is 1.20 bits per heavy atom. The van der Waals surface area contributed by atoms with Crippen molar-refractivity contribution in [2.45, 2.75) is 50.3 Å². The number of imidazole rings is 1. The molecule has 1 N–H and O–H groups in total. The van der Waals surface area contributed by atoms with Gasteiger partial charge < -0.3 is 5.32 Å². The molecule has 1 aromatic carbocycles. The van der Waals surface area contributed by atoms with Gasteiger partial charge in [-0.3, -0.25) is 9.59 Å². The lowest BCUT2D eigenvalue weighted by Gasteiger charge is -2.33. The molecule has 7 nitrogen and oxygen atoms in total. The highest BCUT2D eigenvalue weighted by atomic mass is 32.2. The second-order valence-electron chi connectivity index (χ2n) is 9.06. The summed E-state index contributed by atoms with van der Waals surface area (Å²) in [5.74, 6) is 1.39. The van der Waals surface area contributed by atoms with Gasteiger partial charge in [0.2, 0.25) is 5.91 Å². The van der Waals surface area contributed by atoms with E-state index in [0.29, 0.717) is 24.2 Å². The monoisotopic (exact) mass is 485 g/mol. The maximum Gasteiger partial charge on any atom is 0.229 e. The molecule has 0 fully saturated rings. The van der Waals surface area contributed by atoms with Crippen LogP contribution in [0, 0.1) is 6.92 Å². The lowest BCUT2D eigenvalue weighted by Crippen LogP contribution is -2.39. The molecule has 8 heteroatoms. The van der Waals surface area contributed by atoms with Gasteiger partial charge in [-0.1, -0.05) is 19.1 Å². The Bertz CT molecular complexity index is 1430. The second-order valence-corrected chi connectivity index (χ2v) is 10.4. The molecular formula is C27H27N5O2S. The zero-order chi connectivity index (χ0) is 24.6. The lowest BCUT2D eigenvalue weighted by molar-refractivity contribution is -0.115. The first-order valence-corrected chi connectivity index (χ1v) is 12.7. The van der Waals surface area contributed by atoms with Gasteiger partial charge in [-0.25, -0.2) is 14.5 Å². The summed E-state index contributed by atoms with van der Waals surface area (Å²) in [5, 5.41) is 7.57. The average molecular weight is 486 g/mol. The van der Waals surface area contributed by atoms with Crippen LogP contribution in [0.25, 0.3) is 5.65 Å². The normalized spacial score (nSPS) is 17.4. The standard InChI is InChI=1S/C27H27N5O2S/c1-4-35-19-7-5-18(6-8-19)16-24(33)30-22-15-17(2)25-20(29-22)11-12-27(3,26(25)34)21-9-10-23-28-13-14-32(23)31-21/h5-10,13-15H,4,11-12,16H2,1-3H3,(H,29,30,33). The third-order valence-electron chi connectivity index (χ3n) is 6.57. The molecule has 1 aliphatic carbocycles. The van der Waals surface area contributed by atoms with E-state index in [2.05, 4.69) is 27.3 Å². The number of aryl methyl sites for hydroxylation is 2. The smallest absolute Gasteiger partial charge is 0.229 e. The molecule has 0 saturated carbocycles. The van der Waals surface area contributed by atoms with Gasteiger partial charge in [-0.15, -0.1) is 11.8 Å². The molecule has 0 spiro atoms. The van der Waals surface area contributed by atoms with E-state index in [1.54, 1.807) is 34.7 Å². The van der Waals surface area contributed by atoms with Gasteiger partial charge in [0.15, 0.2) is 11.4 Å². The maximum absolute atomic E-state index is 13.7. The Morgan fingerprint density at radius 2 is 2.00 bits per heavy atom. The van der Waals surface area contributed by atoms with Crippen LogP contribution in [0.5, 0.6) is 0 Å². The summed E-state index contributed by atoms with van der Waals surface area (Å²) >= 11 is 1.77. The maximum atomic E-state index is 13.7. The lowest BCUT2D eigenvalue weighted by atomic mass is 9.70. The molecule has 0 saturated heterocycles. The molecule has 35 heavy (non-hydrogen) atoms. The van der Waals surface area contributed by atoms with Crippen LogP contribution in [0.2, 0.25) is 0 Å². The summed E-state index contributed by atoms with van der Waals surface area (Å²) in [6, 6.07) is 13.6. The molecule has 3 aromatic heterocycles. The number of hydrogen-bond donors (Lipinski definition) is 1. The van der Waals surface area contributed by atoms with Crippen molar-refractivity contribution in [3.63, 3.8) is 0 Å². The third kappa shape index (κ3) is 4.46. The number of nitrogens with one attached hydrogen (secondary N) is 1. The van der Waals surface area contributed by atoms with Crippen LogP contribution in [-0.2, 0) is 23.1 Å². The zero-order valence-electron chi connectivity index (χ0n) is 20.0. The molecule has 3 heterocycles. The highest BCUT2D eigenvalue weighted by molar-refractivity contribution is 7.99. The topological polar surface area (TPSA) is 89.2 Å². The molecular weight excluding hydrogens is 458 g/mol. The number of carbonyl (C=O) groups is 2. The number of pyridine rings is 1. The van der Waals surface area contributed by atoms with Gasteiger partial charge in [-0.05, 0) is 73.9 Å². The quantitative estimate of drug-likeness (QED) is 0.394. The number of hydrogen-bond acceptors (Lipinski definition) is 6. The largest absolute Gasteiger partial charge is 0.310 e. The highest BCUT2D eigenvalue weighted by Crippen LogP contribution is 2.38. The van der Waals surface area contributed by atoms with Crippen LogP contribution in [0.15, 0.2) is 59.8 Å². The number of fused-ring (bicyclic) bond motifs is 2. The molecule has 4 aromatic rings. The van der Waals surface area contributed by atoms with Crippen molar-refractivity contribution < 1.29 is 9.59 Å². The fourth-order valence-corrected chi connectivity index (χ4v) is 5.31. The van der Waals surface area contributed by atoms with Gasteiger partial charge >= 0.3 is 0 Å². The van der Waals surface area contributed by atoms with E-state index in [-0.39, 0.29) is 18.1 Å². The van der Waals surface area contributed by atoms with E-state index in [1.165, 1.54) is 4.90 Å². The van der Waals surface area contributed by atoms with E-state index in [0.717, 1.165) is 33.9 Å². The average Bonchev–Trinajstić information content (AvgIpc) is 3.31. The number of nitrogens with zero attached hydrogens (tertiary/aromatic N) is 4. The predicted molar refractivity (Wildman–Crippen MR) is 137 cm³/mol. The van der Waals surface area contributed by atoms with Gasteiger partial charge in [0.05, 0.1) is 23.2 Å². The number of thioether (sulfide) groups is 1. The number of carbonyl (C=O) groups excluding carboxylic acids is 2. The van der Waals surface area contributed by atoms with E-state index in [1.807, 2.05) is 50.2 Å². The fraction of sp³-hybridized carbons (Fsp3) is 0.296. The Hall–Kier alpha value is -3.52. The number of amides is 1. The van der Waals surface area contributed by atoms with Crippen LogP contribution >= 0.6 is 11.8 Å². The molecule has 0 bridgehead atoms. The first kappa shape index (κ1) is 23.2. The van der Waals surface area contributed by atoms with E-state index in [9.17, 15) is 9.59 Å². The first-order chi connectivity index (χ1) is 16.9. The molecule has 1 unspecified atom stereocenters. The van der Waals surface area contributed by atoms with Gasteiger partial charge in [0.25, 0.3) is 0 Å². The molecule has 0 radical (unpaired) electrons.